The van der Waals surface area contributed by atoms with Gasteiger partial charge in [0.15, 0.2) is 0 Å². The highest BCUT2D eigenvalue weighted by Gasteiger charge is 2.29. The van der Waals surface area contributed by atoms with Gasteiger partial charge in [-0.25, -0.2) is 4.68 Å². The minimum absolute atomic E-state index is 0.0456. The minimum Gasteiger partial charge on any atom is -0.330 e. The smallest absolute Gasteiger partial charge is 0.245 e. The van der Waals surface area contributed by atoms with E-state index in [1.54, 1.807) is 9.58 Å². The van der Waals surface area contributed by atoms with Crippen LogP contribution in [0.2, 0.25) is 0 Å². The molecule has 196 valence electrons. The van der Waals surface area contributed by atoms with Crippen LogP contribution in [-0.2, 0) is 9.59 Å². The molecule has 0 fully saturated rings. The zero-order chi connectivity index (χ0) is 27.2. The van der Waals surface area contributed by atoms with Crippen molar-refractivity contribution in [2.45, 2.75) is 53.0 Å². The van der Waals surface area contributed by atoms with Gasteiger partial charge in [0.25, 0.3) is 0 Å². The van der Waals surface area contributed by atoms with E-state index in [0.29, 0.717) is 12.2 Å². The van der Waals surface area contributed by atoms with Gasteiger partial charge in [0.1, 0.15) is 12.4 Å². The van der Waals surface area contributed by atoms with Crippen molar-refractivity contribution in [3.63, 3.8) is 0 Å². The Morgan fingerprint density at radius 1 is 0.895 bits per heavy atom. The third-order valence-electron chi connectivity index (χ3n) is 6.85. The Labute approximate surface area is 225 Å². The number of aryl methyl sites for hydroxylation is 2. The summed E-state index contributed by atoms with van der Waals surface area (Å²) >= 11 is 0. The van der Waals surface area contributed by atoms with Gasteiger partial charge >= 0.3 is 0 Å². The lowest BCUT2D eigenvalue weighted by Gasteiger charge is -2.30. The third kappa shape index (κ3) is 5.70. The van der Waals surface area contributed by atoms with Gasteiger partial charge in [-0.1, -0.05) is 85.8 Å². The van der Waals surface area contributed by atoms with E-state index in [-0.39, 0.29) is 30.3 Å². The standard InChI is InChI=1S/C32H36N4O2/c1-6-27(25-16-9-7-10-17-25)32(38)35(22(2)3)21-29(37)33-31-30(26-18-11-8-12-19-26)24(5)34-36(31)28-20-14-13-15-23(28)4/h7-20,22,27H,6,21H2,1-5H3,(H,33,37). The van der Waals surface area contributed by atoms with Crippen molar-refractivity contribution in [1.29, 1.82) is 0 Å². The number of hydrogen-bond donors (Lipinski definition) is 1. The molecule has 0 aliphatic carbocycles. The fraction of sp³-hybridized carbons (Fsp3) is 0.281. The first-order valence-electron chi connectivity index (χ1n) is 13.2. The Balaban J connectivity index is 1.68. The van der Waals surface area contributed by atoms with E-state index in [2.05, 4.69) is 5.32 Å². The van der Waals surface area contributed by atoms with E-state index in [4.69, 9.17) is 5.10 Å². The molecule has 0 aliphatic heterocycles. The fourth-order valence-electron chi connectivity index (χ4n) is 4.85. The summed E-state index contributed by atoms with van der Waals surface area (Å²) < 4.78 is 1.80. The summed E-state index contributed by atoms with van der Waals surface area (Å²) in [4.78, 5) is 28.9. The molecule has 1 heterocycles. The molecule has 6 heteroatoms. The molecule has 0 aliphatic rings. The second-order valence-corrected chi connectivity index (χ2v) is 9.85. The molecule has 2 amide bonds. The van der Waals surface area contributed by atoms with Gasteiger partial charge in [0.2, 0.25) is 11.8 Å². The monoisotopic (exact) mass is 508 g/mol. The molecule has 0 spiro atoms. The summed E-state index contributed by atoms with van der Waals surface area (Å²) in [5.74, 6) is -0.0112. The van der Waals surface area contributed by atoms with Gasteiger partial charge in [-0.2, -0.15) is 5.10 Å². The predicted octanol–water partition coefficient (Wildman–Crippen LogP) is 6.53. The van der Waals surface area contributed by atoms with Gasteiger partial charge in [-0.05, 0) is 56.9 Å². The number of benzene rings is 3. The summed E-state index contributed by atoms with van der Waals surface area (Å²) in [5.41, 5.74) is 5.53. The predicted molar refractivity (Wildman–Crippen MR) is 153 cm³/mol. The molecule has 1 unspecified atom stereocenters. The zero-order valence-corrected chi connectivity index (χ0v) is 22.8. The SMILES string of the molecule is CCC(C(=O)N(CC(=O)Nc1c(-c2ccccc2)c(C)nn1-c1ccccc1C)C(C)C)c1ccccc1. The first kappa shape index (κ1) is 26.9. The molecule has 4 rings (SSSR count). The largest absolute Gasteiger partial charge is 0.330 e. The Morgan fingerprint density at radius 2 is 1.50 bits per heavy atom. The molecule has 0 bridgehead atoms. The maximum Gasteiger partial charge on any atom is 0.245 e. The molecule has 0 saturated heterocycles. The normalized spacial score (nSPS) is 11.8. The first-order valence-corrected chi connectivity index (χ1v) is 13.2. The number of aromatic nitrogens is 2. The Kier molecular flexibility index (Phi) is 8.41. The van der Waals surface area contributed by atoms with Gasteiger partial charge in [-0.15, -0.1) is 0 Å². The average molecular weight is 509 g/mol. The van der Waals surface area contributed by atoms with E-state index >= 15 is 0 Å². The molecular formula is C32H36N4O2. The van der Waals surface area contributed by atoms with Crippen LogP contribution >= 0.6 is 0 Å². The van der Waals surface area contributed by atoms with Crippen LogP contribution in [0.15, 0.2) is 84.9 Å². The van der Waals surface area contributed by atoms with E-state index in [1.165, 1.54) is 0 Å². The topological polar surface area (TPSA) is 67.2 Å². The second-order valence-electron chi connectivity index (χ2n) is 9.85. The van der Waals surface area contributed by atoms with Crippen LogP contribution in [0.1, 0.15) is 49.9 Å². The summed E-state index contributed by atoms with van der Waals surface area (Å²) in [6.45, 7) is 9.81. The van der Waals surface area contributed by atoms with E-state index < -0.39 is 0 Å². The van der Waals surface area contributed by atoms with E-state index in [1.807, 2.05) is 120 Å². The number of para-hydroxylation sites is 1. The van der Waals surface area contributed by atoms with Gasteiger partial charge in [0, 0.05) is 11.6 Å². The average Bonchev–Trinajstić information content (AvgIpc) is 3.23. The minimum atomic E-state index is -0.300. The molecule has 3 aromatic carbocycles. The van der Waals surface area contributed by atoms with Crippen LogP contribution in [0.4, 0.5) is 5.82 Å². The van der Waals surface area contributed by atoms with Crippen molar-refractivity contribution in [2.75, 3.05) is 11.9 Å². The maximum atomic E-state index is 13.7. The number of rotatable bonds is 9. The molecule has 4 aromatic rings. The zero-order valence-electron chi connectivity index (χ0n) is 22.8. The summed E-state index contributed by atoms with van der Waals surface area (Å²) in [6, 6.07) is 27.5. The van der Waals surface area contributed by atoms with Crippen molar-refractivity contribution >= 4 is 17.6 Å². The molecule has 1 aromatic heterocycles. The van der Waals surface area contributed by atoms with Crippen molar-refractivity contribution in [3.8, 4) is 16.8 Å². The molecule has 0 saturated carbocycles. The molecule has 0 radical (unpaired) electrons. The van der Waals surface area contributed by atoms with Crippen molar-refractivity contribution < 1.29 is 9.59 Å². The molecule has 38 heavy (non-hydrogen) atoms. The Morgan fingerprint density at radius 3 is 2.11 bits per heavy atom. The highest BCUT2D eigenvalue weighted by molar-refractivity contribution is 5.98. The number of hydrogen-bond acceptors (Lipinski definition) is 3. The summed E-state index contributed by atoms with van der Waals surface area (Å²) in [7, 11) is 0. The lowest BCUT2D eigenvalue weighted by Crippen LogP contribution is -2.44. The fourth-order valence-corrected chi connectivity index (χ4v) is 4.85. The number of carbonyl (C=O) groups is 2. The number of amides is 2. The van der Waals surface area contributed by atoms with Crippen LogP contribution in [0.3, 0.4) is 0 Å². The van der Waals surface area contributed by atoms with Gasteiger partial charge < -0.3 is 10.2 Å². The van der Waals surface area contributed by atoms with Crippen LogP contribution in [0.5, 0.6) is 0 Å². The van der Waals surface area contributed by atoms with Crippen molar-refractivity contribution in [2.24, 2.45) is 0 Å². The summed E-state index contributed by atoms with van der Waals surface area (Å²) in [6.07, 6.45) is 0.658. The highest BCUT2D eigenvalue weighted by Crippen LogP contribution is 2.34. The molecule has 1 N–H and O–H groups in total. The second kappa shape index (κ2) is 11.9. The van der Waals surface area contributed by atoms with Crippen molar-refractivity contribution in [3.05, 3.63) is 102 Å². The van der Waals surface area contributed by atoms with E-state index in [0.717, 1.165) is 33.6 Å². The number of anilines is 1. The lowest BCUT2D eigenvalue weighted by molar-refractivity contribution is -0.137. The van der Waals surface area contributed by atoms with Crippen LogP contribution in [0, 0.1) is 13.8 Å². The number of nitrogens with one attached hydrogen (secondary N) is 1. The molecule has 1 atom stereocenters. The van der Waals surface area contributed by atoms with Crippen molar-refractivity contribution in [1.82, 2.24) is 14.7 Å². The highest BCUT2D eigenvalue weighted by atomic mass is 16.2. The molecular weight excluding hydrogens is 472 g/mol. The number of carbonyl (C=O) groups excluding carboxylic acids is 2. The van der Waals surface area contributed by atoms with Crippen LogP contribution in [0.25, 0.3) is 16.8 Å². The van der Waals surface area contributed by atoms with Crippen LogP contribution in [-0.4, -0.2) is 39.1 Å². The lowest BCUT2D eigenvalue weighted by atomic mass is 9.94. The Bertz CT molecular complexity index is 1390. The third-order valence-corrected chi connectivity index (χ3v) is 6.85. The van der Waals surface area contributed by atoms with Gasteiger partial charge in [0.05, 0.1) is 17.3 Å². The van der Waals surface area contributed by atoms with Crippen LogP contribution < -0.4 is 5.32 Å². The van der Waals surface area contributed by atoms with Gasteiger partial charge in [-0.3, -0.25) is 9.59 Å². The Hall–Kier alpha value is -4.19. The number of nitrogens with zero attached hydrogens (tertiary/aromatic N) is 3. The maximum absolute atomic E-state index is 13.7. The molecule has 6 nitrogen and oxygen atoms in total. The van der Waals surface area contributed by atoms with E-state index in [9.17, 15) is 9.59 Å². The quantitative estimate of drug-likeness (QED) is 0.280. The summed E-state index contributed by atoms with van der Waals surface area (Å²) in [5, 5.41) is 7.95. The first-order chi connectivity index (χ1) is 18.3.